The summed E-state index contributed by atoms with van der Waals surface area (Å²) in [5.41, 5.74) is 3.84. The highest BCUT2D eigenvalue weighted by atomic mass is 16.5. The van der Waals surface area contributed by atoms with Gasteiger partial charge in [0.05, 0.1) is 12.7 Å². The molecular weight excluding hydrogens is 276 g/mol. The summed E-state index contributed by atoms with van der Waals surface area (Å²) in [6.45, 7) is 0. The second-order valence-corrected chi connectivity index (χ2v) is 4.70. The van der Waals surface area contributed by atoms with Crippen LogP contribution >= 0.6 is 0 Å². The maximum atomic E-state index is 12.3. The first-order valence-corrected chi connectivity index (χ1v) is 6.83. The fraction of sp³-hybridized carbons (Fsp3) is 0.0556. The molecule has 2 heterocycles. The maximum absolute atomic E-state index is 12.3. The summed E-state index contributed by atoms with van der Waals surface area (Å²) in [6.07, 6.45) is 6.86. The second kappa shape index (κ2) is 6.18. The van der Waals surface area contributed by atoms with Crippen LogP contribution in [0.4, 0.5) is 0 Å². The van der Waals surface area contributed by atoms with Crippen molar-refractivity contribution in [3.63, 3.8) is 0 Å². The minimum absolute atomic E-state index is 0.377. The number of pyridine rings is 2. The molecule has 0 unspecified atom stereocenters. The van der Waals surface area contributed by atoms with Crippen LogP contribution < -0.4 is 0 Å². The molecule has 4 heteroatoms. The molecule has 0 radical (unpaired) electrons. The van der Waals surface area contributed by atoms with Crippen molar-refractivity contribution < 1.29 is 9.53 Å². The highest BCUT2D eigenvalue weighted by molar-refractivity contribution is 6.03. The summed E-state index contributed by atoms with van der Waals surface area (Å²) in [6, 6.07) is 13.2. The average molecular weight is 290 g/mol. The van der Waals surface area contributed by atoms with Crippen LogP contribution in [0.25, 0.3) is 22.3 Å². The minimum Gasteiger partial charge on any atom is -0.465 e. The number of aromatic nitrogens is 2. The van der Waals surface area contributed by atoms with Crippen LogP contribution in [-0.4, -0.2) is 23.0 Å². The number of methoxy groups -OCH3 is 1. The van der Waals surface area contributed by atoms with Crippen molar-refractivity contribution in [2.75, 3.05) is 7.11 Å². The van der Waals surface area contributed by atoms with E-state index < -0.39 is 0 Å². The normalized spacial score (nSPS) is 10.2. The Labute approximate surface area is 128 Å². The molecule has 0 saturated carbocycles. The van der Waals surface area contributed by atoms with Gasteiger partial charge in [-0.1, -0.05) is 30.3 Å². The number of ether oxygens (including phenoxy) is 1. The number of benzene rings is 1. The zero-order chi connectivity index (χ0) is 15.4. The molecule has 3 rings (SSSR count). The van der Waals surface area contributed by atoms with Gasteiger partial charge in [-0.25, -0.2) is 4.79 Å². The Morgan fingerprint density at radius 1 is 0.864 bits per heavy atom. The molecule has 0 spiro atoms. The molecule has 0 N–H and O–H groups in total. The fourth-order valence-corrected chi connectivity index (χ4v) is 2.40. The van der Waals surface area contributed by atoms with Gasteiger partial charge in [-0.15, -0.1) is 0 Å². The Balaban J connectivity index is 2.26. The van der Waals surface area contributed by atoms with Gasteiger partial charge in [-0.05, 0) is 23.3 Å². The molecule has 0 fully saturated rings. The van der Waals surface area contributed by atoms with E-state index in [2.05, 4.69) is 9.97 Å². The van der Waals surface area contributed by atoms with Gasteiger partial charge in [0.25, 0.3) is 0 Å². The molecule has 0 amide bonds. The van der Waals surface area contributed by atoms with E-state index in [0.717, 1.165) is 22.3 Å². The summed E-state index contributed by atoms with van der Waals surface area (Å²) in [7, 11) is 1.38. The first-order valence-electron chi connectivity index (χ1n) is 6.83. The van der Waals surface area contributed by atoms with Crippen molar-refractivity contribution in [2.45, 2.75) is 0 Å². The minimum atomic E-state index is -0.377. The highest BCUT2D eigenvalue weighted by Crippen LogP contribution is 2.32. The summed E-state index contributed by atoms with van der Waals surface area (Å²) in [4.78, 5) is 20.6. The van der Waals surface area contributed by atoms with Gasteiger partial charge in [0.15, 0.2) is 0 Å². The van der Waals surface area contributed by atoms with Gasteiger partial charge in [0, 0.05) is 35.9 Å². The van der Waals surface area contributed by atoms with E-state index >= 15 is 0 Å². The SMILES string of the molecule is COC(=O)c1c(-c2cccnc2)cccc1-c1cccnc1. The lowest BCUT2D eigenvalue weighted by Crippen LogP contribution is -2.06. The molecule has 4 nitrogen and oxygen atoms in total. The number of nitrogens with zero attached hydrogens (tertiary/aromatic N) is 2. The van der Waals surface area contributed by atoms with E-state index in [1.165, 1.54) is 7.11 Å². The smallest absolute Gasteiger partial charge is 0.339 e. The van der Waals surface area contributed by atoms with Gasteiger partial charge in [-0.3, -0.25) is 9.97 Å². The zero-order valence-electron chi connectivity index (χ0n) is 12.1. The van der Waals surface area contributed by atoms with Gasteiger partial charge in [0.2, 0.25) is 0 Å². The second-order valence-electron chi connectivity index (χ2n) is 4.70. The molecule has 1 aromatic carbocycles. The number of hydrogen-bond donors (Lipinski definition) is 0. The monoisotopic (exact) mass is 290 g/mol. The van der Waals surface area contributed by atoms with Gasteiger partial charge < -0.3 is 4.74 Å². The van der Waals surface area contributed by atoms with Crippen molar-refractivity contribution in [1.82, 2.24) is 9.97 Å². The molecule has 0 atom stereocenters. The van der Waals surface area contributed by atoms with Crippen molar-refractivity contribution in [3.8, 4) is 22.3 Å². The molecule has 22 heavy (non-hydrogen) atoms. The number of esters is 1. The van der Waals surface area contributed by atoms with Crippen LogP contribution in [0.1, 0.15) is 10.4 Å². The molecule has 0 aliphatic heterocycles. The summed E-state index contributed by atoms with van der Waals surface area (Å²) in [5.74, 6) is -0.377. The first-order chi connectivity index (χ1) is 10.8. The predicted molar refractivity (Wildman–Crippen MR) is 84.2 cm³/mol. The number of carbonyl (C=O) groups excluding carboxylic acids is 1. The molecule has 108 valence electrons. The third-order valence-electron chi connectivity index (χ3n) is 3.40. The molecule has 2 aromatic heterocycles. The van der Waals surface area contributed by atoms with Crippen LogP contribution in [0.2, 0.25) is 0 Å². The third-order valence-corrected chi connectivity index (χ3v) is 3.40. The quantitative estimate of drug-likeness (QED) is 0.692. The Bertz CT molecular complexity index is 729. The number of rotatable bonds is 3. The Morgan fingerprint density at radius 2 is 1.41 bits per heavy atom. The van der Waals surface area contributed by atoms with Gasteiger partial charge >= 0.3 is 5.97 Å². The lowest BCUT2D eigenvalue weighted by atomic mass is 9.93. The van der Waals surface area contributed by atoms with Crippen molar-refractivity contribution in [1.29, 1.82) is 0 Å². The molecule has 3 aromatic rings. The van der Waals surface area contributed by atoms with Crippen molar-refractivity contribution in [3.05, 3.63) is 72.8 Å². The van der Waals surface area contributed by atoms with Gasteiger partial charge in [0.1, 0.15) is 0 Å². The van der Waals surface area contributed by atoms with Crippen molar-refractivity contribution >= 4 is 5.97 Å². The lowest BCUT2D eigenvalue weighted by molar-refractivity contribution is 0.0602. The Kier molecular flexibility index (Phi) is 3.92. The van der Waals surface area contributed by atoms with Crippen LogP contribution in [0.5, 0.6) is 0 Å². The van der Waals surface area contributed by atoms with E-state index in [-0.39, 0.29) is 5.97 Å². The van der Waals surface area contributed by atoms with Crippen LogP contribution in [0, 0.1) is 0 Å². The van der Waals surface area contributed by atoms with E-state index in [1.807, 2.05) is 42.5 Å². The van der Waals surface area contributed by atoms with Crippen LogP contribution in [0.15, 0.2) is 67.3 Å². The van der Waals surface area contributed by atoms with E-state index in [9.17, 15) is 4.79 Å². The van der Waals surface area contributed by atoms with E-state index in [1.54, 1.807) is 24.8 Å². The number of carbonyl (C=O) groups is 1. The number of hydrogen-bond acceptors (Lipinski definition) is 4. The predicted octanol–water partition coefficient (Wildman–Crippen LogP) is 3.60. The Hall–Kier alpha value is -3.01. The Morgan fingerprint density at radius 3 is 1.82 bits per heavy atom. The molecule has 0 aliphatic carbocycles. The molecular formula is C18H14N2O2. The lowest BCUT2D eigenvalue weighted by Gasteiger charge is -2.13. The fourth-order valence-electron chi connectivity index (χ4n) is 2.40. The van der Waals surface area contributed by atoms with E-state index in [4.69, 9.17) is 4.74 Å². The zero-order valence-corrected chi connectivity index (χ0v) is 12.1. The van der Waals surface area contributed by atoms with E-state index in [0.29, 0.717) is 5.56 Å². The standard InChI is InChI=1S/C18H14N2O2/c1-22-18(21)17-15(13-5-3-9-19-11-13)7-2-8-16(17)14-6-4-10-20-12-14/h2-12H,1H3. The molecule has 0 saturated heterocycles. The average Bonchev–Trinajstić information content (AvgIpc) is 2.62. The molecule has 0 bridgehead atoms. The summed E-state index contributed by atoms with van der Waals surface area (Å²) in [5, 5.41) is 0. The highest BCUT2D eigenvalue weighted by Gasteiger charge is 2.19. The first kappa shape index (κ1) is 13.9. The molecule has 0 aliphatic rings. The third kappa shape index (κ3) is 2.59. The summed E-state index contributed by atoms with van der Waals surface area (Å²) >= 11 is 0. The van der Waals surface area contributed by atoms with Crippen molar-refractivity contribution in [2.24, 2.45) is 0 Å². The largest absolute Gasteiger partial charge is 0.465 e. The summed E-state index contributed by atoms with van der Waals surface area (Å²) < 4.78 is 4.98. The topological polar surface area (TPSA) is 52.1 Å². The maximum Gasteiger partial charge on any atom is 0.339 e. The van der Waals surface area contributed by atoms with Crippen LogP contribution in [-0.2, 0) is 4.74 Å². The van der Waals surface area contributed by atoms with Gasteiger partial charge in [-0.2, -0.15) is 0 Å². The van der Waals surface area contributed by atoms with Crippen LogP contribution in [0.3, 0.4) is 0 Å².